The number of thiol groups is 1. The van der Waals surface area contributed by atoms with Crippen molar-refractivity contribution in [2.24, 2.45) is 0 Å². The molecule has 0 heterocycles. The average Bonchev–Trinajstić information content (AvgIpc) is 1.92. The Hall–Kier alpha value is -0.430. The summed E-state index contributed by atoms with van der Waals surface area (Å²) in [6.07, 6.45) is 0. The number of hydrogen-bond donors (Lipinski definition) is 1. The fourth-order valence-corrected chi connectivity index (χ4v) is 1.73. The molecular formula is C11H16S. The highest BCUT2D eigenvalue weighted by Crippen LogP contribution is 2.28. The molecule has 1 heteroatoms. The van der Waals surface area contributed by atoms with E-state index < -0.39 is 0 Å². The molecular weight excluding hydrogens is 164 g/mol. The highest BCUT2D eigenvalue weighted by atomic mass is 32.1. The molecule has 0 atom stereocenters. The predicted octanol–water partition coefficient (Wildman–Crippen LogP) is 3.58. The van der Waals surface area contributed by atoms with Crippen LogP contribution in [0, 0.1) is 6.92 Å². The number of rotatable bonds is 0. The number of aryl methyl sites for hydroxylation is 1. The maximum atomic E-state index is 4.44. The molecule has 0 bridgehead atoms. The molecule has 0 aliphatic heterocycles. The molecule has 0 amide bonds. The van der Waals surface area contributed by atoms with Gasteiger partial charge in [-0.25, -0.2) is 0 Å². The Morgan fingerprint density at radius 1 is 1.17 bits per heavy atom. The van der Waals surface area contributed by atoms with Gasteiger partial charge in [-0.15, -0.1) is 12.6 Å². The summed E-state index contributed by atoms with van der Waals surface area (Å²) in [5.41, 5.74) is 2.83. The van der Waals surface area contributed by atoms with E-state index >= 15 is 0 Å². The first-order valence-corrected chi connectivity index (χ1v) is 4.66. The van der Waals surface area contributed by atoms with Crippen LogP contribution in [0.3, 0.4) is 0 Å². The van der Waals surface area contributed by atoms with Gasteiger partial charge in [-0.05, 0) is 24.0 Å². The summed E-state index contributed by atoms with van der Waals surface area (Å²) >= 11 is 4.44. The van der Waals surface area contributed by atoms with Gasteiger partial charge in [0.15, 0.2) is 0 Å². The lowest BCUT2D eigenvalue weighted by Crippen LogP contribution is -2.12. The van der Waals surface area contributed by atoms with Crippen molar-refractivity contribution in [1.29, 1.82) is 0 Å². The summed E-state index contributed by atoms with van der Waals surface area (Å²) in [5.74, 6) is 0. The van der Waals surface area contributed by atoms with Gasteiger partial charge in [0.25, 0.3) is 0 Å². The van der Waals surface area contributed by atoms with E-state index in [0.29, 0.717) is 0 Å². The summed E-state index contributed by atoms with van der Waals surface area (Å²) in [6.45, 7) is 8.74. The van der Waals surface area contributed by atoms with E-state index in [1.54, 1.807) is 0 Å². The van der Waals surface area contributed by atoms with Crippen LogP contribution in [0.25, 0.3) is 0 Å². The zero-order valence-corrected chi connectivity index (χ0v) is 9.07. The molecule has 1 aromatic carbocycles. The van der Waals surface area contributed by atoms with Gasteiger partial charge in [0, 0.05) is 4.90 Å². The summed E-state index contributed by atoms with van der Waals surface area (Å²) < 4.78 is 0. The Morgan fingerprint density at radius 3 is 2.17 bits per heavy atom. The molecule has 0 fully saturated rings. The van der Waals surface area contributed by atoms with E-state index in [2.05, 4.69) is 58.5 Å². The number of benzene rings is 1. The molecule has 0 aromatic heterocycles. The molecule has 0 spiro atoms. The van der Waals surface area contributed by atoms with E-state index in [0.717, 1.165) is 4.90 Å². The van der Waals surface area contributed by atoms with Gasteiger partial charge in [0.05, 0.1) is 0 Å². The smallest absolute Gasteiger partial charge is 0.00775 e. The van der Waals surface area contributed by atoms with Gasteiger partial charge in [0.1, 0.15) is 0 Å². The first kappa shape index (κ1) is 9.66. The van der Waals surface area contributed by atoms with E-state index in [9.17, 15) is 0 Å². The first-order valence-electron chi connectivity index (χ1n) is 4.21. The molecule has 0 saturated heterocycles. The molecule has 1 rings (SSSR count). The Morgan fingerprint density at radius 2 is 1.75 bits per heavy atom. The van der Waals surface area contributed by atoms with Crippen LogP contribution in [0.4, 0.5) is 0 Å². The lowest BCUT2D eigenvalue weighted by Gasteiger charge is -2.21. The highest BCUT2D eigenvalue weighted by molar-refractivity contribution is 7.80. The predicted molar refractivity (Wildman–Crippen MR) is 57.1 cm³/mol. The Kier molecular flexibility index (Phi) is 2.52. The molecule has 0 N–H and O–H groups in total. The molecule has 0 aliphatic carbocycles. The van der Waals surface area contributed by atoms with Crippen LogP contribution in [-0.4, -0.2) is 0 Å². The lowest BCUT2D eigenvalue weighted by atomic mass is 9.86. The van der Waals surface area contributed by atoms with Gasteiger partial charge in [0.2, 0.25) is 0 Å². The lowest BCUT2D eigenvalue weighted by molar-refractivity contribution is 0.577. The second-order valence-electron chi connectivity index (χ2n) is 4.27. The van der Waals surface area contributed by atoms with E-state index in [4.69, 9.17) is 0 Å². The van der Waals surface area contributed by atoms with Crippen molar-refractivity contribution in [3.63, 3.8) is 0 Å². The van der Waals surface area contributed by atoms with Crippen molar-refractivity contribution in [3.8, 4) is 0 Å². The fraction of sp³-hybridized carbons (Fsp3) is 0.455. The van der Waals surface area contributed by atoms with Crippen LogP contribution in [0.1, 0.15) is 31.9 Å². The molecule has 66 valence electrons. The largest absolute Gasteiger partial charge is 0.143 e. The molecule has 0 unspecified atom stereocenters. The topological polar surface area (TPSA) is 0 Å². The van der Waals surface area contributed by atoms with Gasteiger partial charge in [-0.3, -0.25) is 0 Å². The van der Waals surface area contributed by atoms with Crippen molar-refractivity contribution in [1.82, 2.24) is 0 Å². The Labute approximate surface area is 80.4 Å². The summed E-state index contributed by atoms with van der Waals surface area (Å²) in [5, 5.41) is 0. The quantitative estimate of drug-likeness (QED) is 0.580. The van der Waals surface area contributed by atoms with E-state index in [1.165, 1.54) is 11.1 Å². The molecule has 12 heavy (non-hydrogen) atoms. The van der Waals surface area contributed by atoms with Gasteiger partial charge in [-0.1, -0.05) is 38.5 Å². The van der Waals surface area contributed by atoms with Crippen LogP contribution in [0.5, 0.6) is 0 Å². The third-order valence-corrected chi connectivity index (χ3v) is 2.35. The van der Waals surface area contributed by atoms with E-state index in [-0.39, 0.29) is 5.41 Å². The summed E-state index contributed by atoms with van der Waals surface area (Å²) in [4.78, 5) is 1.09. The maximum Gasteiger partial charge on any atom is 0.00775 e. The van der Waals surface area contributed by atoms with Crippen molar-refractivity contribution >= 4 is 12.6 Å². The van der Waals surface area contributed by atoms with Crippen molar-refractivity contribution in [3.05, 3.63) is 29.3 Å². The third kappa shape index (κ3) is 2.04. The Balaban J connectivity index is 3.23. The maximum absolute atomic E-state index is 4.44. The average molecular weight is 180 g/mol. The van der Waals surface area contributed by atoms with Gasteiger partial charge < -0.3 is 0 Å². The zero-order chi connectivity index (χ0) is 9.35. The molecule has 0 nitrogen and oxygen atoms in total. The molecule has 0 aliphatic rings. The van der Waals surface area contributed by atoms with Crippen molar-refractivity contribution in [2.45, 2.75) is 38.0 Å². The second-order valence-corrected chi connectivity index (χ2v) is 4.75. The van der Waals surface area contributed by atoms with Crippen molar-refractivity contribution < 1.29 is 0 Å². The molecule has 0 radical (unpaired) electrons. The monoisotopic (exact) mass is 180 g/mol. The highest BCUT2D eigenvalue weighted by Gasteiger charge is 2.16. The molecule has 0 saturated carbocycles. The fourth-order valence-electron chi connectivity index (χ4n) is 1.25. The van der Waals surface area contributed by atoms with Gasteiger partial charge in [-0.2, -0.15) is 0 Å². The minimum Gasteiger partial charge on any atom is -0.143 e. The minimum absolute atomic E-state index is 0.198. The third-order valence-electron chi connectivity index (χ3n) is 1.96. The normalized spacial score (nSPS) is 11.8. The molecule has 1 aromatic rings. The van der Waals surface area contributed by atoms with Crippen LogP contribution in [-0.2, 0) is 5.41 Å². The summed E-state index contributed by atoms with van der Waals surface area (Å²) in [7, 11) is 0. The van der Waals surface area contributed by atoms with Crippen LogP contribution in [0.2, 0.25) is 0 Å². The van der Waals surface area contributed by atoms with Crippen LogP contribution >= 0.6 is 12.6 Å². The van der Waals surface area contributed by atoms with Crippen molar-refractivity contribution in [2.75, 3.05) is 0 Å². The summed E-state index contributed by atoms with van der Waals surface area (Å²) in [6, 6.07) is 6.37. The second kappa shape index (κ2) is 3.14. The van der Waals surface area contributed by atoms with Crippen LogP contribution < -0.4 is 0 Å². The number of hydrogen-bond acceptors (Lipinski definition) is 1. The van der Waals surface area contributed by atoms with Crippen LogP contribution in [0.15, 0.2) is 23.1 Å². The Bertz CT molecular complexity index is 282. The standard InChI is InChI=1S/C11H16S/c1-8-5-6-10(12)9(7-8)11(2,3)4/h5-7,12H,1-4H3. The first-order chi connectivity index (χ1) is 5.41. The zero-order valence-electron chi connectivity index (χ0n) is 8.18. The SMILES string of the molecule is Cc1ccc(S)c(C(C)(C)C)c1. The van der Waals surface area contributed by atoms with E-state index in [1.807, 2.05) is 0 Å². The minimum atomic E-state index is 0.198. The van der Waals surface area contributed by atoms with Gasteiger partial charge >= 0.3 is 0 Å².